The molecule has 1 aliphatic carbocycles. The molecule has 11 nitrogen and oxygen atoms in total. The molecule has 3 amide bonds. The molecule has 11 heteroatoms. The monoisotopic (exact) mass is 635 g/mol. The Morgan fingerprint density at radius 3 is 2.04 bits per heavy atom. The Morgan fingerprint density at radius 2 is 1.48 bits per heavy atom. The van der Waals surface area contributed by atoms with Crippen molar-refractivity contribution >= 4 is 29.8 Å². The number of carbonyl (C=O) groups excluding carboxylic acids is 5. The zero-order valence-electron chi connectivity index (χ0n) is 27.2. The molecule has 0 spiro atoms. The number of alkyl carbamates (subject to hydrolysis) is 1. The number of nitrogens with one attached hydrogen (secondary N) is 3. The van der Waals surface area contributed by atoms with Crippen LogP contribution in [0.4, 0.5) is 4.79 Å². The number of hydrogen-bond acceptors (Lipinski definition) is 8. The number of hydrogen-bond donors (Lipinski definition) is 3. The van der Waals surface area contributed by atoms with Crippen molar-refractivity contribution < 1.29 is 38.2 Å². The van der Waals surface area contributed by atoms with Gasteiger partial charge in [0.15, 0.2) is 0 Å². The van der Waals surface area contributed by atoms with Crippen molar-refractivity contribution in [3.8, 4) is 0 Å². The summed E-state index contributed by atoms with van der Waals surface area (Å²) in [5, 5.41) is 8.00. The van der Waals surface area contributed by atoms with Gasteiger partial charge in [0.1, 0.15) is 36.9 Å². The van der Waals surface area contributed by atoms with Gasteiger partial charge < -0.3 is 30.2 Å². The van der Waals surface area contributed by atoms with Gasteiger partial charge in [-0.15, -0.1) is 0 Å². The molecule has 0 bridgehead atoms. The summed E-state index contributed by atoms with van der Waals surface area (Å²) < 4.78 is 15.9. The summed E-state index contributed by atoms with van der Waals surface area (Å²) in [5.74, 6) is -3.43. The minimum absolute atomic E-state index is 0.0194. The van der Waals surface area contributed by atoms with Crippen LogP contribution in [0.2, 0.25) is 0 Å². The Bertz CT molecular complexity index is 1360. The number of carbonyl (C=O) groups is 5. The quantitative estimate of drug-likeness (QED) is 0.161. The van der Waals surface area contributed by atoms with E-state index in [1.165, 1.54) is 6.08 Å². The second kappa shape index (κ2) is 16.6. The van der Waals surface area contributed by atoms with E-state index in [1.807, 2.05) is 30.3 Å². The highest BCUT2D eigenvalue weighted by molar-refractivity contribution is 5.95. The van der Waals surface area contributed by atoms with Crippen LogP contribution in [-0.2, 0) is 52.8 Å². The van der Waals surface area contributed by atoms with Gasteiger partial charge >= 0.3 is 18.0 Å². The van der Waals surface area contributed by atoms with E-state index in [0.29, 0.717) is 12.8 Å². The molecule has 0 fully saturated rings. The molecule has 1 aliphatic rings. The highest BCUT2D eigenvalue weighted by Crippen LogP contribution is 2.29. The van der Waals surface area contributed by atoms with Crippen molar-refractivity contribution in [1.82, 2.24) is 16.0 Å². The molecule has 2 aromatic rings. The first kappa shape index (κ1) is 35.8. The lowest BCUT2D eigenvalue weighted by molar-refractivity contribution is -0.156. The molecule has 0 aliphatic heterocycles. The van der Waals surface area contributed by atoms with Crippen molar-refractivity contribution in [1.29, 1.82) is 0 Å². The highest BCUT2D eigenvalue weighted by Gasteiger charge is 2.39. The zero-order chi connectivity index (χ0) is 33.9. The standard InChI is InChI=1S/C35H45N3O8/c1-7-17-44-33(42)29(22(2)3)37-32(41)30(26-18-24-15-11-12-16-25(24)19-26)38-31(40)27(20-28(39)46-35(4,5)6)36-34(43)45-21-23-13-9-8-10-14-23/h7-16,22,26-27,29-30H,1,17-21H2,2-6H3,(H,36,43)(H,37,41)(H,38,40)/t27-,29-,30-/m0/s1. The molecule has 3 rings (SSSR count). The first-order valence-electron chi connectivity index (χ1n) is 15.4. The third kappa shape index (κ3) is 11.0. The van der Waals surface area contributed by atoms with E-state index in [2.05, 4.69) is 22.5 Å². The lowest BCUT2D eigenvalue weighted by Crippen LogP contribution is -2.59. The molecule has 248 valence electrons. The van der Waals surface area contributed by atoms with Crippen LogP contribution in [0, 0.1) is 11.8 Å². The summed E-state index contributed by atoms with van der Waals surface area (Å²) in [7, 11) is 0. The van der Waals surface area contributed by atoms with Gasteiger partial charge in [-0.05, 0) is 62.1 Å². The molecular formula is C35H45N3O8. The molecule has 3 N–H and O–H groups in total. The van der Waals surface area contributed by atoms with Gasteiger partial charge in [0, 0.05) is 0 Å². The van der Waals surface area contributed by atoms with E-state index in [4.69, 9.17) is 14.2 Å². The molecule has 0 aromatic heterocycles. The fourth-order valence-electron chi connectivity index (χ4n) is 5.12. The zero-order valence-corrected chi connectivity index (χ0v) is 27.2. The normalized spacial score (nSPS) is 14.7. The predicted molar refractivity (Wildman–Crippen MR) is 171 cm³/mol. The van der Waals surface area contributed by atoms with E-state index < -0.39 is 60.0 Å². The Morgan fingerprint density at radius 1 is 0.870 bits per heavy atom. The minimum atomic E-state index is -1.42. The van der Waals surface area contributed by atoms with Gasteiger partial charge in [-0.2, -0.15) is 0 Å². The van der Waals surface area contributed by atoms with E-state index in [0.717, 1.165) is 16.7 Å². The number of amides is 3. The Labute approximate surface area is 270 Å². The van der Waals surface area contributed by atoms with Crippen LogP contribution >= 0.6 is 0 Å². The van der Waals surface area contributed by atoms with Gasteiger partial charge in [0.25, 0.3) is 0 Å². The molecular weight excluding hydrogens is 590 g/mol. The lowest BCUT2D eigenvalue weighted by atomic mass is 9.94. The van der Waals surface area contributed by atoms with Crippen LogP contribution in [0.1, 0.15) is 57.7 Å². The average Bonchev–Trinajstić information content (AvgIpc) is 3.43. The molecule has 46 heavy (non-hydrogen) atoms. The van der Waals surface area contributed by atoms with E-state index in [1.54, 1.807) is 58.9 Å². The first-order chi connectivity index (χ1) is 21.8. The van der Waals surface area contributed by atoms with Gasteiger partial charge in [0.05, 0.1) is 6.42 Å². The van der Waals surface area contributed by atoms with Crippen molar-refractivity contribution in [2.45, 2.75) is 84.2 Å². The molecule has 3 atom stereocenters. The summed E-state index contributed by atoms with van der Waals surface area (Å²) in [4.78, 5) is 66.1. The number of esters is 2. The van der Waals surface area contributed by atoms with Gasteiger partial charge in [-0.3, -0.25) is 14.4 Å². The van der Waals surface area contributed by atoms with E-state index in [-0.39, 0.29) is 25.0 Å². The van der Waals surface area contributed by atoms with Crippen molar-refractivity contribution in [2.75, 3.05) is 6.61 Å². The number of ether oxygens (including phenoxy) is 3. The largest absolute Gasteiger partial charge is 0.460 e. The molecule has 0 radical (unpaired) electrons. The van der Waals surface area contributed by atoms with Crippen LogP contribution in [0.15, 0.2) is 67.3 Å². The third-order valence-corrected chi connectivity index (χ3v) is 7.31. The number of rotatable bonds is 14. The topological polar surface area (TPSA) is 149 Å². The predicted octanol–water partition coefficient (Wildman–Crippen LogP) is 3.78. The molecule has 0 saturated carbocycles. The highest BCUT2D eigenvalue weighted by atomic mass is 16.6. The summed E-state index contributed by atoms with van der Waals surface area (Å²) in [6.45, 7) is 12.1. The minimum Gasteiger partial charge on any atom is -0.460 e. The molecule has 0 saturated heterocycles. The fraction of sp³-hybridized carbons (Fsp3) is 0.457. The number of benzene rings is 2. The Hall–Kier alpha value is -4.67. The van der Waals surface area contributed by atoms with E-state index >= 15 is 0 Å². The molecule has 2 aromatic carbocycles. The van der Waals surface area contributed by atoms with E-state index in [9.17, 15) is 24.0 Å². The van der Waals surface area contributed by atoms with Crippen LogP contribution in [-0.4, -0.2) is 60.2 Å². The first-order valence-corrected chi connectivity index (χ1v) is 15.4. The fourth-order valence-corrected chi connectivity index (χ4v) is 5.12. The summed E-state index contributed by atoms with van der Waals surface area (Å²) in [6, 6.07) is 13.2. The van der Waals surface area contributed by atoms with Crippen molar-refractivity contribution in [3.05, 3.63) is 83.9 Å². The van der Waals surface area contributed by atoms with Crippen molar-refractivity contribution in [3.63, 3.8) is 0 Å². The molecule has 0 unspecified atom stereocenters. The van der Waals surface area contributed by atoms with Crippen LogP contribution in [0.5, 0.6) is 0 Å². The maximum atomic E-state index is 13.9. The maximum Gasteiger partial charge on any atom is 0.408 e. The lowest BCUT2D eigenvalue weighted by Gasteiger charge is -2.29. The average molecular weight is 636 g/mol. The number of fused-ring (bicyclic) bond motifs is 1. The SMILES string of the molecule is C=CCOC(=O)[C@@H](NC(=O)[C@@H](NC(=O)[C@H](CC(=O)OC(C)(C)C)NC(=O)OCc1ccccc1)C1Cc2ccccc2C1)C(C)C. The van der Waals surface area contributed by atoms with Crippen molar-refractivity contribution in [2.24, 2.45) is 11.8 Å². The van der Waals surface area contributed by atoms with Crippen LogP contribution in [0.3, 0.4) is 0 Å². The Kier molecular flexibility index (Phi) is 12.9. The summed E-state index contributed by atoms with van der Waals surface area (Å²) in [5.41, 5.74) is 1.97. The summed E-state index contributed by atoms with van der Waals surface area (Å²) in [6.07, 6.45) is 0.978. The molecule has 0 heterocycles. The van der Waals surface area contributed by atoms with Gasteiger partial charge in [0.2, 0.25) is 11.8 Å². The third-order valence-electron chi connectivity index (χ3n) is 7.31. The second-order valence-corrected chi connectivity index (χ2v) is 12.6. The Balaban J connectivity index is 1.84. The van der Waals surface area contributed by atoms with Crippen LogP contribution < -0.4 is 16.0 Å². The maximum absolute atomic E-state index is 13.9. The smallest absolute Gasteiger partial charge is 0.408 e. The van der Waals surface area contributed by atoms with Gasteiger partial charge in [-0.1, -0.05) is 81.1 Å². The second-order valence-electron chi connectivity index (χ2n) is 12.6. The van der Waals surface area contributed by atoms with Gasteiger partial charge in [-0.25, -0.2) is 9.59 Å². The van der Waals surface area contributed by atoms with Crippen LogP contribution in [0.25, 0.3) is 0 Å². The summed E-state index contributed by atoms with van der Waals surface area (Å²) >= 11 is 0.